The summed E-state index contributed by atoms with van der Waals surface area (Å²) in [5, 5.41) is 18.3. The van der Waals surface area contributed by atoms with Crippen LogP contribution >= 0.6 is 0 Å². The highest BCUT2D eigenvalue weighted by Crippen LogP contribution is 2.43. The Morgan fingerprint density at radius 1 is 1.50 bits per heavy atom. The van der Waals surface area contributed by atoms with Crippen LogP contribution in [0.3, 0.4) is 0 Å². The summed E-state index contributed by atoms with van der Waals surface area (Å²) < 4.78 is 5.70. The minimum Gasteiger partial charge on any atom is -0.394 e. The van der Waals surface area contributed by atoms with Crippen LogP contribution in [0, 0.1) is 29.1 Å². The van der Waals surface area contributed by atoms with Gasteiger partial charge in [0.05, 0.1) is 19.3 Å². The van der Waals surface area contributed by atoms with Gasteiger partial charge in [0.2, 0.25) is 0 Å². The van der Waals surface area contributed by atoms with Crippen LogP contribution in [0.15, 0.2) is 0 Å². The highest BCUT2D eigenvalue weighted by Gasteiger charge is 2.45. The summed E-state index contributed by atoms with van der Waals surface area (Å²) in [4.78, 5) is 0. The van der Waals surface area contributed by atoms with Crippen molar-refractivity contribution in [3.63, 3.8) is 0 Å². The lowest BCUT2D eigenvalue weighted by Gasteiger charge is -2.43. The molecule has 3 nitrogen and oxygen atoms in total. The lowest BCUT2D eigenvalue weighted by atomic mass is 9.67. The van der Waals surface area contributed by atoms with Gasteiger partial charge in [-0.1, -0.05) is 27.2 Å². The molecule has 16 heavy (non-hydrogen) atoms. The van der Waals surface area contributed by atoms with E-state index in [-0.39, 0.29) is 13.2 Å². The summed E-state index contributed by atoms with van der Waals surface area (Å²) in [6.07, 6.45) is 3.03. The predicted molar refractivity (Wildman–Crippen MR) is 62.7 cm³/mol. The third-order valence-corrected chi connectivity index (χ3v) is 3.67. The van der Waals surface area contributed by atoms with Crippen molar-refractivity contribution in [3.05, 3.63) is 0 Å². The molecule has 0 aromatic carbocycles. The normalized spacial score (nSPS) is 35.0. The second kappa shape index (κ2) is 5.65. The van der Waals surface area contributed by atoms with Crippen molar-refractivity contribution in [1.82, 2.24) is 0 Å². The Hall–Kier alpha value is -0.590. The molecule has 1 fully saturated rings. The summed E-state index contributed by atoms with van der Waals surface area (Å²) in [7, 11) is 0. The smallest absolute Gasteiger partial charge is 0.157 e. The Morgan fingerprint density at radius 2 is 2.19 bits per heavy atom. The van der Waals surface area contributed by atoms with Crippen LogP contribution in [0.25, 0.3) is 0 Å². The molecule has 3 unspecified atom stereocenters. The highest BCUT2D eigenvalue weighted by molar-refractivity contribution is 5.09. The number of aliphatic hydroxyl groups excluding tert-OH is 1. The van der Waals surface area contributed by atoms with Gasteiger partial charge in [-0.05, 0) is 24.7 Å². The molecule has 0 aliphatic heterocycles. The van der Waals surface area contributed by atoms with E-state index >= 15 is 0 Å². The van der Waals surface area contributed by atoms with Gasteiger partial charge in [-0.15, -0.1) is 0 Å². The molecular weight excluding hydrogens is 202 g/mol. The molecule has 3 atom stereocenters. The zero-order valence-electron chi connectivity index (χ0n) is 10.6. The lowest BCUT2D eigenvalue weighted by Crippen LogP contribution is -2.47. The molecule has 1 aliphatic rings. The fourth-order valence-corrected chi connectivity index (χ4v) is 2.89. The maximum atomic E-state index is 9.45. The standard InChI is InChI=1S/C13H23NO2/c1-10(2)12-5-4-11(3)8-13(12,9-14)16-7-6-15/h10-12,15H,4-8H2,1-3H3. The fraction of sp³-hybridized carbons (Fsp3) is 0.923. The molecule has 0 amide bonds. The zero-order valence-corrected chi connectivity index (χ0v) is 10.6. The Balaban J connectivity index is 2.84. The van der Waals surface area contributed by atoms with E-state index in [0.29, 0.717) is 17.8 Å². The van der Waals surface area contributed by atoms with E-state index in [2.05, 4.69) is 26.8 Å². The van der Waals surface area contributed by atoms with Crippen LogP contribution < -0.4 is 0 Å². The monoisotopic (exact) mass is 225 g/mol. The first-order chi connectivity index (χ1) is 7.55. The third kappa shape index (κ3) is 2.75. The van der Waals surface area contributed by atoms with Crippen LogP contribution in [0.2, 0.25) is 0 Å². The van der Waals surface area contributed by atoms with Crippen LogP contribution in [-0.4, -0.2) is 23.9 Å². The molecule has 1 aliphatic carbocycles. The highest BCUT2D eigenvalue weighted by atomic mass is 16.5. The minimum atomic E-state index is -0.672. The molecule has 0 bridgehead atoms. The molecule has 0 aromatic heterocycles. The van der Waals surface area contributed by atoms with E-state index in [1.807, 2.05) is 0 Å². The second-order valence-corrected chi connectivity index (χ2v) is 5.31. The van der Waals surface area contributed by atoms with E-state index in [0.717, 1.165) is 12.8 Å². The number of hydrogen-bond donors (Lipinski definition) is 1. The van der Waals surface area contributed by atoms with Crippen molar-refractivity contribution in [3.8, 4) is 6.07 Å². The Morgan fingerprint density at radius 3 is 2.69 bits per heavy atom. The van der Waals surface area contributed by atoms with Crippen LogP contribution in [0.4, 0.5) is 0 Å². The summed E-state index contributed by atoms with van der Waals surface area (Å²) in [5.41, 5.74) is -0.672. The second-order valence-electron chi connectivity index (χ2n) is 5.31. The van der Waals surface area contributed by atoms with Crippen molar-refractivity contribution in [1.29, 1.82) is 5.26 Å². The molecule has 1 rings (SSSR count). The van der Waals surface area contributed by atoms with Gasteiger partial charge >= 0.3 is 0 Å². The quantitative estimate of drug-likeness (QED) is 0.799. The summed E-state index contributed by atoms with van der Waals surface area (Å²) >= 11 is 0. The fourth-order valence-electron chi connectivity index (χ4n) is 2.89. The summed E-state index contributed by atoms with van der Waals surface area (Å²) in [6.45, 7) is 6.72. The number of aliphatic hydroxyl groups is 1. The Labute approximate surface area is 98.4 Å². The molecule has 1 N–H and O–H groups in total. The number of ether oxygens (including phenoxy) is 1. The van der Waals surface area contributed by atoms with Gasteiger partial charge in [0.25, 0.3) is 0 Å². The maximum absolute atomic E-state index is 9.45. The van der Waals surface area contributed by atoms with Gasteiger partial charge in [0.1, 0.15) is 0 Å². The molecule has 0 aromatic rings. The maximum Gasteiger partial charge on any atom is 0.157 e. The Kier molecular flexibility index (Phi) is 4.76. The average Bonchev–Trinajstić information content (AvgIpc) is 2.25. The van der Waals surface area contributed by atoms with Gasteiger partial charge < -0.3 is 9.84 Å². The number of nitrogens with zero attached hydrogens (tertiary/aromatic N) is 1. The van der Waals surface area contributed by atoms with Gasteiger partial charge in [0.15, 0.2) is 5.60 Å². The van der Waals surface area contributed by atoms with E-state index < -0.39 is 5.60 Å². The van der Waals surface area contributed by atoms with E-state index in [1.54, 1.807) is 0 Å². The summed E-state index contributed by atoms with van der Waals surface area (Å²) in [6, 6.07) is 2.38. The van der Waals surface area contributed by atoms with Crippen molar-refractivity contribution in [2.45, 2.75) is 45.6 Å². The predicted octanol–water partition coefficient (Wildman–Crippen LogP) is 2.35. The molecule has 0 spiro atoms. The molecule has 0 heterocycles. The minimum absolute atomic E-state index is 0.0113. The molecule has 92 valence electrons. The van der Waals surface area contributed by atoms with Crippen molar-refractivity contribution in [2.75, 3.05) is 13.2 Å². The van der Waals surface area contributed by atoms with E-state index in [4.69, 9.17) is 9.84 Å². The van der Waals surface area contributed by atoms with Crippen molar-refractivity contribution < 1.29 is 9.84 Å². The first-order valence-electron chi connectivity index (χ1n) is 6.21. The number of rotatable bonds is 4. The average molecular weight is 225 g/mol. The summed E-state index contributed by atoms with van der Waals surface area (Å²) in [5.74, 6) is 1.28. The van der Waals surface area contributed by atoms with Gasteiger partial charge in [-0.25, -0.2) is 0 Å². The lowest BCUT2D eigenvalue weighted by molar-refractivity contribution is -0.0997. The topological polar surface area (TPSA) is 53.2 Å². The van der Waals surface area contributed by atoms with Crippen molar-refractivity contribution in [2.24, 2.45) is 17.8 Å². The van der Waals surface area contributed by atoms with Crippen LogP contribution in [0.1, 0.15) is 40.0 Å². The van der Waals surface area contributed by atoms with E-state index in [9.17, 15) is 5.26 Å². The van der Waals surface area contributed by atoms with Gasteiger partial charge in [-0.3, -0.25) is 0 Å². The number of hydrogen-bond acceptors (Lipinski definition) is 3. The first-order valence-corrected chi connectivity index (χ1v) is 6.21. The van der Waals surface area contributed by atoms with Gasteiger partial charge in [-0.2, -0.15) is 5.26 Å². The van der Waals surface area contributed by atoms with Crippen LogP contribution in [0.5, 0.6) is 0 Å². The molecular formula is C13H23NO2. The molecule has 1 saturated carbocycles. The van der Waals surface area contributed by atoms with Crippen molar-refractivity contribution >= 4 is 0 Å². The molecule has 0 radical (unpaired) electrons. The van der Waals surface area contributed by atoms with Crippen LogP contribution in [-0.2, 0) is 4.74 Å². The third-order valence-electron chi connectivity index (χ3n) is 3.67. The molecule has 0 saturated heterocycles. The van der Waals surface area contributed by atoms with Gasteiger partial charge in [0, 0.05) is 5.92 Å². The van der Waals surface area contributed by atoms with E-state index in [1.165, 1.54) is 6.42 Å². The molecule has 3 heteroatoms. The SMILES string of the molecule is CC1CCC(C(C)C)C(C#N)(OCCO)C1. The largest absolute Gasteiger partial charge is 0.394 e. The Bertz CT molecular complexity index is 259. The number of nitriles is 1. The zero-order chi connectivity index (χ0) is 12.2. The first kappa shape index (κ1) is 13.5.